The molecule has 0 aliphatic rings. The maximum atomic E-state index is 11.8. The van der Waals surface area contributed by atoms with Crippen molar-refractivity contribution in [2.75, 3.05) is 18.5 Å². The Kier molecular flexibility index (Phi) is 4.27. The van der Waals surface area contributed by atoms with Crippen molar-refractivity contribution in [2.24, 2.45) is 0 Å². The Hall–Kier alpha value is -2.04. The number of hydrogen-bond donors (Lipinski definition) is 1. The second kappa shape index (κ2) is 5.94. The lowest BCUT2D eigenvalue weighted by Gasteiger charge is -2.09. The number of imidazole rings is 1. The Morgan fingerprint density at radius 3 is 2.65 bits per heavy atom. The van der Waals surface area contributed by atoms with Gasteiger partial charge in [-0.25, -0.2) is 4.98 Å². The van der Waals surface area contributed by atoms with Gasteiger partial charge in [-0.3, -0.25) is 9.36 Å². The minimum atomic E-state index is -0.246. The van der Waals surface area contributed by atoms with Crippen LogP contribution in [0.4, 0.5) is 5.95 Å². The maximum absolute atomic E-state index is 11.8. The van der Waals surface area contributed by atoms with Crippen molar-refractivity contribution >= 4 is 23.0 Å². The van der Waals surface area contributed by atoms with Crippen molar-refractivity contribution in [3.05, 3.63) is 23.3 Å². The number of carbonyl (C=O) groups is 1. The number of aryl methyl sites for hydroxylation is 2. The van der Waals surface area contributed by atoms with Crippen LogP contribution in [0.25, 0.3) is 11.0 Å². The lowest BCUT2D eigenvalue weighted by Crippen LogP contribution is -2.16. The molecule has 0 aliphatic heterocycles. The second-order valence-corrected chi connectivity index (χ2v) is 4.78. The third-order valence-corrected chi connectivity index (χ3v) is 3.29. The highest BCUT2D eigenvalue weighted by Gasteiger charge is 2.14. The van der Waals surface area contributed by atoms with Crippen LogP contribution in [0, 0.1) is 13.8 Å². The van der Waals surface area contributed by atoms with E-state index in [9.17, 15) is 4.79 Å². The number of esters is 1. The fourth-order valence-corrected chi connectivity index (χ4v) is 2.17. The third-order valence-electron chi connectivity index (χ3n) is 3.29. The van der Waals surface area contributed by atoms with Gasteiger partial charge in [0.05, 0.1) is 17.6 Å². The van der Waals surface area contributed by atoms with Crippen LogP contribution in [0.2, 0.25) is 0 Å². The molecule has 1 aromatic heterocycles. The Bertz CT molecular complexity index is 632. The molecule has 1 N–H and O–H groups in total. The zero-order valence-electron chi connectivity index (χ0n) is 12.5. The molecule has 2 rings (SSSR count). The molecular formula is C15H21N3O2. The van der Waals surface area contributed by atoms with Crippen LogP contribution in [0.5, 0.6) is 0 Å². The molecule has 0 unspecified atom stereocenters. The Labute approximate surface area is 118 Å². The Morgan fingerprint density at radius 1 is 1.30 bits per heavy atom. The highest BCUT2D eigenvalue weighted by atomic mass is 16.5. The first-order chi connectivity index (χ1) is 9.56. The van der Waals surface area contributed by atoms with Crippen molar-refractivity contribution in [2.45, 2.75) is 34.2 Å². The van der Waals surface area contributed by atoms with Gasteiger partial charge in [0.2, 0.25) is 5.95 Å². The first-order valence-corrected chi connectivity index (χ1v) is 6.93. The number of benzene rings is 1. The molecule has 0 aliphatic carbocycles. The smallest absolute Gasteiger partial charge is 0.326 e. The summed E-state index contributed by atoms with van der Waals surface area (Å²) in [7, 11) is 0. The van der Waals surface area contributed by atoms with Gasteiger partial charge in [0.15, 0.2) is 0 Å². The van der Waals surface area contributed by atoms with E-state index >= 15 is 0 Å². The van der Waals surface area contributed by atoms with Gasteiger partial charge in [0.25, 0.3) is 0 Å². The summed E-state index contributed by atoms with van der Waals surface area (Å²) in [5.41, 5.74) is 4.23. The molecule has 0 amide bonds. The summed E-state index contributed by atoms with van der Waals surface area (Å²) in [6.07, 6.45) is 0. The van der Waals surface area contributed by atoms with Crippen LogP contribution < -0.4 is 5.32 Å². The lowest BCUT2D eigenvalue weighted by molar-refractivity contribution is -0.143. The zero-order valence-corrected chi connectivity index (χ0v) is 12.5. The van der Waals surface area contributed by atoms with Gasteiger partial charge < -0.3 is 10.1 Å². The number of aromatic nitrogens is 2. The van der Waals surface area contributed by atoms with E-state index in [1.807, 2.05) is 24.5 Å². The Balaban J connectivity index is 2.50. The van der Waals surface area contributed by atoms with Crippen LogP contribution in [-0.4, -0.2) is 28.7 Å². The van der Waals surface area contributed by atoms with E-state index in [0.29, 0.717) is 12.6 Å². The fourth-order valence-electron chi connectivity index (χ4n) is 2.17. The quantitative estimate of drug-likeness (QED) is 0.852. The van der Waals surface area contributed by atoms with E-state index in [4.69, 9.17) is 4.74 Å². The number of nitrogens with one attached hydrogen (secondary N) is 1. The molecule has 0 saturated carbocycles. The number of ether oxygens (including phenoxy) is 1. The number of carbonyl (C=O) groups excluding carboxylic acids is 1. The SMILES string of the molecule is CCNc1nc2cc(C)c(C)cc2n1CC(=O)OCC. The lowest BCUT2D eigenvalue weighted by atomic mass is 10.1. The molecule has 108 valence electrons. The number of rotatable bonds is 5. The average molecular weight is 275 g/mol. The van der Waals surface area contributed by atoms with Gasteiger partial charge in [-0.2, -0.15) is 0 Å². The van der Waals surface area contributed by atoms with Gasteiger partial charge >= 0.3 is 5.97 Å². The monoisotopic (exact) mass is 275 g/mol. The predicted molar refractivity (Wildman–Crippen MR) is 80.0 cm³/mol. The summed E-state index contributed by atoms with van der Waals surface area (Å²) in [6, 6.07) is 4.12. The van der Waals surface area contributed by atoms with Crippen molar-refractivity contribution in [3.8, 4) is 0 Å². The predicted octanol–water partition coefficient (Wildman–Crippen LogP) is 2.65. The molecule has 0 bridgehead atoms. The summed E-state index contributed by atoms with van der Waals surface area (Å²) >= 11 is 0. The van der Waals surface area contributed by atoms with Crippen LogP contribution in [0.15, 0.2) is 12.1 Å². The summed E-state index contributed by atoms with van der Waals surface area (Å²) in [4.78, 5) is 16.3. The number of anilines is 1. The summed E-state index contributed by atoms with van der Waals surface area (Å²) in [5, 5.41) is 3.20. The van der Waals surface area contributed by atoms with E-state index < -0.39 is 0 Å². The molecule has 2 aromatic rings. The summed E-state index contributed by atoms with van der Waals surface area (Å²) in [5.74, 6) is 0.463. The number of hydrogen-bond acceptors (Lipinski definition) is 4. The van der Waals surface area contributed by atoms with Gasteiger partial charge in [-0.05, 0) is 51.0 Å². The first-order valence-electron chi connectivity index (χ1n) is 6.93. The highest BCUT2D eigenvalue weighted by Crippen LogP contribution is 2.23. The first kappa shape index (κ1) is 14.4. The molecule has 0 atom stereocenters. The molecule has 0 radical (unpaired) electrons. The molecule has 1 aromatic carbocycles. The average Bonchev–Trinajstić information content (AvgIpc) is 2.69. The van der Waals surface area contributed by atoms with Crippen molar-refractivity contribution in [1.29, 1.82) is 0 Å². The molecular weight excluding hydrogens is 254 g/mol. The van der Waals surface area contributed by atoms with E-state index in [-0.39, 0.29) is 12.5 Å². The van der Waals surface area contributed by atoms with Gasteiger partial charge in [-0.1, -0.05) is 0 Å². The zero-order chi connectivity index (χ0) is 14.7. The largest absolute Gasteiger partial charge is 0.465 e. The van der Waals surface area contributed by atoms with Crippen LogP contribution in [-0.2, 0) is 16.1 Å². The van der Waals surface area contributed by atoms with E-state index in [1.165, 1.54) is 11.1 Å². The highest BCUT2D eigenvalue weighted by molar-refractivity contribution is 5.82. The molecule has 5 heteroatoms. The number of nitrogens with zero attached hydrogens (tertiary/aromatic N) is 2. The second-order valence-electron chi connectivity index (χ2n) is 4.78. The standard InChI is InChI=1S/C15H21N3O2/c1-5-16-15-17-12-7-10(3)11(4)8-13(12)18(15)9-14(19)20-6-2/h7-8H,5-6,9H2,1-4H3,(H,16,17). The minimum absolute atomic E-state index is 0.176. The van der Waals surface area contributed by atoms with Crippen molar-refractivity contribution in [3.63, 3.8) is 0 Å². The van der Waals surface area contributed by atoms with E-state index in [2.05, 4.69) is 30.2 Å². The van der Waals surface area contributed by atoms with Crippen LogP contribution in [0.1, 0.15) is 25.0 Å². The Morgan fingerprint density at radius 2 is 2.00 bits per heavy atom. The minimum Gasteiger partial charge on any atom is -0.465 e. The normalized spacial score (nSPS) is 10.8. The summed E-state index contributed by atoms with van der Waals surface area (Å²) < 4.78 is 6.91. The van der Waals surface area contributed by atoms with Crippen LogP contribution in [0.3, 0.4) is 0 Å². The third kappa shape index (κ3) is 2.76. The van der Waals surface area contributed by atoms with Gasteiger partial charge in [-0.15, -0.1) is 0 Å². The van der Waals surface area contributed by atoms with E-state index in [0.717, 1.165) is 17.6 Å². The molecule has 20 heavy (non-hydrogen) atoms. The maximum Gasteiger partial charge on any atom is 0.326 e. The summed E-state index contributed by atoms with van der Waals surface area (Å²) in [6.45, 7) is 9.25. The van der Waals surface area contributed by atoms with Crippen molar-refractivity contribution < 1.29 is 9.53 Å². The number of fused-ring (bicyclic) bond motifs is 1. The molecule has 5 nitrogen and oxygen atoms in total. The van der Waals surface area contributed by atoms with Gasteiger partial charge in [0.1, 0.15) is 6.54 Å². The van der Waals surface area contributed by atoms with Crippen LogP contribution >= 0.6 is 0 Å². The molecule has 1 heterocycles. The molecule has 0 saturated heterocycles. The molecule has 0 spiro atoms. The molecule has 0 fully saturated rings. The topological polar surface area (TPSA) is 56.2 Å². The van der Waals surface area contributed by atoms with Crippen molar-refractivity contribution in [1.82, 2.24) is 9.55 Å². The fraction of sp³-hybridized carbons (Fsp3) is 0.467. The van der Waals surface area contributed by atoms with Gasteiger partial charge in [0, 0.05) is 6.54 Å². The van der Waals surface area contributed by atoms with E-state index in [1.54, 1.807) is 0 Å².